The lowest BCUT2D eigenvalue weighted by Gasteiger charge is -2.34. The van der Waals surface area contributed by atoms with Crippen LogP contribution in [0.15, 0.2) is 12.3 Å². The van der Waals surface area contributed by atoms with Crippen LogP contribution in [0.25, 0.3) is 0 Å². The van der Waals surface area contributed by atoms with Gasteiger partial charge < -0.3 is 9.57 Å². The van der Waals surface area contributed by atoms with Crippen LogP contribution in [0.5, 0.6) is 0 Å². The summed E-state index contributed by atoms with van der Waals surface area (Å²) >= 11 is 0. The molecule has 2 atom stereocenters. The molecule has 2 rings (SSSR count). The van der Waals surface area contributed by atoms with Gasteiger partial charge in [-0.3, -0.25) is 4.79 Å². The lowest BCUT2D eigenvalue weighted by atomic mass is 9.84. The average molecular weight is 225 g/mol. The fraction of sp³-hybridized carbons (Fsp3) is 0.750. The highest BCUT2D eigenvalue weighted by atomic mass is 16.7. The summed E-state index contributed by atoms with van der Waals surface area (Å²) in [5.41, 5.74) is -0.367. The van der Waals surface area contributed by atoms with Crippen molar-refractivity contribution in [3.63, 3.8) is 0 Å². The van der Waals surface area contributed by atoms with Crippen molar-refractivity contribution >= 4 is 5.97 Å². The third-order valence-electron chi connectivity index (χ3n) is 3.85. The van der Waals surface area contributed by atoms with Gasteiger partial charge in [-0.2, -0.15) is 0 Å². The van der Waals surface area contributed by atoms with Crippen molar-refractivity contribution in [1.29, 1.82) is 0 Å². The van der Waals surface area contributed by atoms with E-state index in [2.05, 4.69) is 20.4 Å². The molecule has 0 saturated carbocycles. The van der Waals surface area contributed by atoms with E-state index < -0.39 is 0 Å². The van der Waals surface area contributed by atoms with Gasteiger partial charge in [0, 0.05) is 0 Å². The van der Waals surface area contributed by atoms with E-state index in [0.717, 1.165) is 12.8 Å². The molecule has 90 valence electrons. The van der Waals surface area contributed by atoms with Gasteiger partial charge in [0.15, 0.2) is 0 Å². The van der Waals surface area contributed by atoms with Crippen LogP contribution in [0.2, 0.25) is 0 Å². The fourth-order valence-electron chi connectivity index (χ4n) is 2.96. The third kappa shape index (κ3) is 1.29. The normalized spacial score (nSPS) is 37.0. The van der Waals surface area contributed by atoms with Crippen LogP contribution in [0.1, 0.15) is 33.6 Å². The topological polar surface area (TPSA) is 38.8 Å². The van der Waals surface area contributed by atoms with Gasteiger partial charge in [-0.15, -0.1) is 5.06 Å². The first-order chi connectivity index (χ1) is 7.33. The van der Waals surface area contributed by atoms with E-state index in [1.54, 1.807) is 0 Å². The van der Waals surface area contributed by atoms with E-state index in [0.29, 0.717) is 5.76 Å². The lowest BCUT2D eigenvalue weighted by Crippen LogP contribution is -2.48. The highest BCUT2D eigenvalue weighted by Crippen LogP contribution is 2.52. The van der Waals surface area contributed by atoms with Crippen LogP contribution in [-0.2, 0) is 14.4 Å². The zero-order valence-electron chi connectivity index (χ0n) is 10.4. The maximum atomic E-state index is 11.8. The molecule has 0 radical (unpaired) electrons. The first-order valence-corrected chi connectivity index (χ1v) is 5.58. The van der Waals surface area contributed by atoms with Crippen LogP contribution < -0.4 is 0 Å². The van der Waals surface area contributed by atoms with Crippen LogP contribution in [0.3, 0.4) is 0 Å². The SMILES string of the molecule is C=C1ON2C(C)(C)CCC2(C)C1C(=O)OC. The quantitative estimate of drug-likeness (QED) is 0.639. The molecule has 0 aromatic rings. The predicted octanol–water partition coefficient (Wildman–Crippen LogP) is 1.87. The Bertz CT molecular complexity index is 350. The molecular formula is C12H19NO3. The summed E-state index contributed by atoms with van der Waals surface area (Å²) in [6.45, 7) is 10.1. The van der Waals surface area contributed by atoms with Gasteiger partial charge in [-0.05, 0) is 33.6 Å². The third-order valence-corrected chi connectivity index (χ3v) is 3.85. The minimum Gasteiger partial charge on any atom is -0.468 e. The van der Waals surface area contributed by atoms with Crippen molar-refractivity contribution in [2.45, 2.75) is 44.7 Å². The lowest BCUT2D eigenvalue weighted by molar-refractivity contribution is -0.175. The first-order valence-electron chi connectivity index (χ1n) is 5.58. The molecule has 2 fully saturated rings. The Hall–Kier alpha value is -1.03. The maximum absolute atomic E-state index is 11.8. The summed E-state index contributed by atoms with van der Waals surface area (Å²) < 4.78 is 4.84. The average Bonchev–Trinajstić information content (AvgIpc) is 2.59. The number of carbonyl (C=O) groups is 1. The molecule has 2 saturated heterocycles. The standard InChI is InChI=1S/C12H19NO3/c1-8-9(10(14)15-5)12(4)7-6-11(2,3)13(12)16-8/h9H,1,6-7H2,2-5H3. The number of hydroxylamine groups is 2. The molecule has 0 aromatic heterocycles. The molecule has 2 aliphatic rings. The number of esters is 1. The molecular weight excluding hydrogens is 206 g/mol. The monoisotopic (exact) mass is 225 g/mol. The van der Waals surface area contributed by atoms with E-state index in [-0.39, 0.29) is 23.0 Å². The molecule has 4 nitrogen and oxygen atoms in total. The molecule has 2 heterocycles. The van der Waals surface area contributed by atoms with E-state index in [9.17, 15) is 4.79 Å². The molecule has 0 bridgehead atoms. The molecule has 2 aliphatic heterocycles. The Morgan fingerprint density at radius 2 is 2.12 bits per heavy atom. The van der Waals surface area contributed by atoms with Crippen LogP contribution >= 0.6 is 0 Å². The Balaban J connectivity index is 2.37. The van der Waals surface area contributed by atoms with E-state index in [1.807, 2.05) is 12.0 Å². The summed E-state index contributed by atoms with van der Waals surface area (Å²) in [6.07, 6.45) is 1.92. The summed E-state index contributed by atoms with van der Waals surface area (Å²) in [4.78, 5) is 17.5. The van der Waals surface area contributed by atoms with Crippen LogP contribution in [-0.4, -0.2) is 29.2 Å². The number of fused-ring (bicyclic) bond motifs is 1. The summed E-state index contributed by atoms with van der Waals surface area (Å²) in [5, 5.41) is 1.92. The highest BCUT2D eigenvalue weighted by Gasteiger charge is 2.62. The van der Waals surface area contributed by atoms with Crippen molar-refractivity contribution < 1.29 is 14.4 Å². The van der Waals surface area contributed by atoms with Crippen molar-refractivity contribution in [2.24, 2.45) is 5.92 Å². The van der Waals surface area contributed by atoms with Crippen molar-refractivity contribution in [1.82, 2.24) is 5.06 Å². The Morgan fingerprint density at radius 1 is 1.50 bits per heavy atom. The Morgan fingerprint density at radius 3 is 2.69 bits per heavy atom. The van der Waals surface area contributed by atoms with Gasteiger partial charge in [-0.1, -0.05) is 6.58 Å². The van der Waals surface area contributed by atoms with Gasteiger partial charge in [-0.25, -0.2) is 0 Å². The largest absolute Gasteiger partial charge is 0.468 e. The zero-order chi connectivity index (χ0) is 12.1. The summed E-state index contributed by atoms with van der Waals surface area (Å²) in [7, 11) is 1.40. The molecule has 0 aliphatic carbocycles. The predicted molar refractivity (Wildman–Crippen MR) is 59.3 cm³/mol. The van der Waals surface area contributed by atoms with E-state index in [4.69, 9.17) is 9.57 Å². The summed E-state index contributed by atoms with van der Waals surface area (Å²) in [5.74, 6) is -0.130. The van der Waals surface area contributed by atoms with E-state index in [1.165, 1.54) is 7.11 Å². The molecule has 16 heavy (non-hydrogen) atoms. The highest BCUT2D eigenvalue weighted by molar-refractivity contribution is 5.77. The number of hydrogen-bond acceptors (Lipinski definition) is 4. The minimum atomic E-state index is -0.376. The Kier molecular flexibility index (Phi) is 2.31. The smallest absolute Gasteiger partial charge is 0.318 e. The van der Waals surface area contributed by atoms with Gasteiger partial charge >= 0.3 is 5.97 Å². The number of hydrogen-bond donors (Lipinski definition) is 0. The summed E-state index contributed by atoms with van der Waals surface area (Å²) in [6, 6.07) is 0. The van der Waals surface area contributed by atoms with Crippen LogP contribution in [0, 0.1) is 5.92 Å². The zero-order valence-corrected chi connectivity index (χ0v) is 10.4. The molecule has 0 N–H and O–H groups in total. The minimum absolute atomic E-state index is 0.0551. The van der Waals surface area contributed by atoms with Gasteiger partial charge in [0.05, 0.1) is 18.2 Å². The number of ether oxygens (including phenoxy) is 1. The Labute approximate surface area is 96.2 Å². The van der Waals surface area contributed by atoms with Crippen molar-refractivity contribution in [2.75, 3.05) is 7.11 Å². The molecule has 0 amide bonds. The fourth-order valence-corrected chi connectivity index (χ4v) is 2.96. The van der Waals surface area contributed by atoms with Crippen LogP contribution in [0.4, 0.5) is 0 Å². The number of nitrogens with zero attached hydrogens (tertiary/aromatic N) is 1. The molecule has 4 heteroatoms. The van der Waals surface area contributed by atoms with Gasteiger partial charge in [0.2, 0.25) is 0 Å². The molecule has 2 unspecified atom stereocenters. The second-order valence-corrected chi connectivity index (χ2v) is 5.48. The first kappa shape index (κ1) is 11.5. The van der Waals surface area contributed by atoms with Crippen molar-refractivity contribution in [3.05, 3.63) is 12.3 Å². The second-order valence-electron chi connectivity index (χ2n) is 5.48. The number of rotatable bonds is 1. The second kappa shape index (κ2) is 3.23. The molecule has 0 spiro atoms. The van der Waals surface area contributed by atoms with Crippen molar-refractivity contribution in [3.8, 4) is 0 Å². The van der Waals surface area contributed by atoms with Gasteiger partial charge in [0.1, 0.15) is 11.7 Å². The maximum Gasteiger partial charge on any atom is 0.318 e. The van der Waals surface area contributed by atoms with Gasteiger partial charge in [0.25, 0.3) is 0 Å². The van der Waals surface area contributed by atoms with E-state index >= 15 is 0 Å². The number of methoxy groups -OCH3 is 1. The number of carbonyl (C=O) groups excluding carboxylic acids is 1. The molecule has 0 aromatic carbocycles.